The number of hydrogen-bond donors (Lipinski definition) is 4. The van der Waals surface area contributed by atoms with Gasteiger partial charge in [-0.2, -0.15) is 10.2 Å². The molecule has 0 aliphatic rings. The predicted molar refractivity (Wildman–Crippen MR) is 169 cm³/mol. The Morgan fingerprint density at radius 3 is 2.26 bits per heavy atom. The van der Waals surface area contributed by atoms with E-state index in [-0.39, 0.29) is 29.3 Å². The van der Waals surface area contributed by atoms with Gasteiger partial charge in [-0.05, 0) is 55.8 Å². The monoisotopic (exact) mass is 646 g/mol. The molecule has 5 N–H and O–H groups in total. The number of anilines is 2. The molecule has 1 amide bonds. The molecule has 46 heavy (non-hydrogen) atoms. The number of nitrogens with one attached hydrogen (secondary N) is 2. The lowest BCUT2D eigenvalue weighted by atomic mass is 10.0. The largest absolute Gasteiger partial charge is 0.478 e. The van der Waals surface area contributed by atoms with Crippen molar-refractivity contribution in [3.8, 4) is 16.9 Å². The molecule has 0 unspecified atom stereocenters. The van der Waals surface area contributed by atoms with Crippen LogP contribution in [0.15, 0.2) is 88.9 Å². The molecule has 238 valence electrons. The number of aromatic carboxylic acids is 1. The van der Waals surface area contributed by atoms with Crippen LogP contribution < -0.4 is 15.9 Å². The number of carboxylic acids is 1. The van der Waals surface area contributed by atoms with Gasteiger partial charge in [-0.1, -0.05) is 43.3 Å². The molecular weight excluding hydrogens is 616 g/mol. The molecule has 4 aromatic rings. The third kappa shape index (κ3) is 7.69. The molecule has 3 aromatic carbocycles. The number of rotatable bonds is 13. The minimum absolute atomic E-state index is 0.0526. The second kappa shape index (κ2) is 14.4. The number of carboxylic acid groups (broad SMARTS) is 1. The van der Waals surface area contributed by atoms with Crippen molar-refractivity contribution in [2.24, 2.45) is 10.2 Å². The molecule has 0 saturated carbocycles. The Labute approximate surface area is 263 Å². The highest BCUT2D eigenvalue weighted by Crippen LogP contribution is 2.31. The summed E-state index contributed by atoms with van der Waals surface area (Å²) in [5.74, 6) is -3.66. The third-order valence-electron chi connectivity index (χ3n) is 6.40. The van der Waals surface area contributed by atoms with E-state index < -0.39 is 50.6 Å². The van der Waals surface area contributed by atoms with E-state index in [0.29, 0.717) is 23.4 Å². The SMILES string of the molecule is CCCC(=O)/C(=N\Nc1cccc(-n2nc(C(=O)Nc3ccc(S(N)(=O)=O)cc3)c(C(=O)O)c2-c2ccccc2)c1)C(=O)OCC. The van der Waals surface area contributed by atoms with Crippen LogP contribution >= 0.6 is 0 Å². The Bertz CT molecular complexity index is 1900. The maximum absolute atomic E-state index is 13.4. The lowest BCUT2D eigenvalue weighted by Crippen LogP contribution is -2.27. The number of Topliss-reactive ketones (excluding diaryl/α,β-unsaturated/α-hetero) is 1. The molecule has 0 radical (unpaired) electrons. The zero-order valence-electron chi connectivity index (χ0n) is 24.8. The number of benzene rings is 3. The molecular formula is C31H30N6O8S. The number of primary sulfonamides is 1. The molecule has 14 nitrogen and oxygen atoms in total. The van der Waals surface area contributed by atoms with Gasteiger partial charge in [-0.25, -0.2) is 27.8 Å². The van der Waals surface area contributed by atoms with Crippen LogP contribution in [0.2, 0.25) is 0 Å². The van der Waals surface area contributed by atoms with Crippen molar-refractivity contribution in [1.82, 2.24) is 9.78 Å². The lowest BCUT2D eigenvalue weighted by Gasteiger charge is -2.11. The number of ketones is 1. The summed E-state index contributed by atoms with van der Waals surface area (Å²) in [6.07, 6.45) is 0.587. The minimum atomic E-state index is -3.97. The van der Waals surface area contributed by atoms with Crippen molar-refractivity contribution in [2.75, 3.05) is 17.3 Å². The molecule has 0 atom stereocenters. The highest BCUT2D eigenvalue weighted by atomic mass is 32.2. The molecule has 0 spiro atoms. The Hall–Kier alpha value is -5.67. The number of carbonyl (C=O) groups is 4. The van der Waals surface area contributed by atoms with E-state index in [2.05, 4.69) is 20.9 Å². The van der Waals surface area contributed by atoms with Crippen molar-refractivity contribution in [3.63, 3.8) is 0 Å². The van der Waals surface area contributed by atoms with Crippen LogP contribution in [0.4, 0.5) is 11.4 Å². The van der Waals surface area contributed by atoms with Crippen LogP contribution in [0.3, 0.4) is 0 Å². The molecule has 0 aliphatic carbocycles. The molecule has 0 aliphatic heterocycles. The van der Waals surface area contributed by atoms with Gasteiger partial charge < -0.3 is 15.2 Å². The fraction of sp³-hybridized carbons (Fsp3) is 0.161. The summed E-state index contributed by atoms with van der Waals surface area (Å²) in [4.78, 5) is 50.8. The van der Waals surface area contributed by atoms with Crippen LogP contribution in [-0.4, -0.2) is 59.3 Å². The number of amides is 1. The number of hydrogen-bond acceptors (Lipinski definition) is 10. The van der Waals surface area contributed by atoms with Gasteiger partial charge in [0.1, 0.15) is 5.56 Å². The first-order valence-corrected chi connectivity index (χ1v) is 15.5. The van der Waals surface area contributed by atoms with Crippen molar-refractivity contribution in [1.29, 1.82) is 0 Å². The van der Waals surface area contributed by atoms with E-state index in [1.54, 1.807) is 62.4 Å². The van der Waals surface area contributed by atoms with Gasteiger partial charge >= 0.3 is 11.9 Å². The first-order valence-electron chi connectivity index (χ1n) is 13.9. The van der Waals surface area contributed by atoms with Gasteiger partial charge in [0.05, 0.1) is 28.6 Å². The van der Waals surface area contributed by atoms with Gasteiger partial charge in [0, 0.05) is 17.7 Å². The fourth-order valence-electron chi connectivity index (χ4n) is 4.34. The van der Waals surface area contributed by atoms with Crippen molar-refractivity contribution in [3.05, 3.63) is 90.1 Å². The minimum Gasteiger partial charge on any atom is -0.478 e. The summed E-state index contributed by atoms with van der Waals surface area (Å²) in [6.45, 7) is 3.45. The molecule has 0 bridgehead atoms. The number of aromatic nitrogens is 2. The molecule has 1 aromatic heterocycles. The average Bonchev–Trinajstić information content (AvgIpc) is 3.43. The number of sulfonamides is 1. The second-order valence-corrected chi connectivity index (χ2v) is 11.3. The van der Waals surface area contributed by atoms with Crippen molar-refractivity contribution in [2.45, 2.75) is 31.6 Å². The van der Waals surface area contributed by atoms with Gasteiger partial charge in [0.25, 0.3) is 5.91 Å². The number of carbonyl (C=O) groups excluding carboxylic acids is 3. The summed E-state index contributed by atoms with van der Waals surface area (Å²) < 4.78 is 29.4. The van der Waals surface area contributed by atoms with Crippen LogP contribution in [0.1, 0.15) is 47.5 Å². The first-order chi connectivity index (χ1) is 21.9. The molecule has 0 saturated heterocycles. The highest BCUT2D eigenvalue weighted by molar-refractivity contribution is 7.89. The lowest BCUT2D eigenvalue weighted by molar-refractivity contribution is -0.135. The maximum Gasteiger partial charge on any atom is 0.362 e. The zero-order chi connectivity index (χ0) is 33.4. The molecule has 0 fully saturated rings. The van der Waals surface area contributed by atoms with E-state index in [0.717, 1.165) is 0 Å². The Kier molecular flexibility index (Phi) is 10.4. The maximum atomic E-state index is 13.4. The summed E-state index contributed by atoms with van der Waals surface area (Å²) in [5, 5.41) is 26.4. The second-order valence-electron chi connectivity index (χ2n) is 9.69. The molecule has 1 heterocycles. The summed E-state index contributed by atoms with van der Waals surface area (Å²) >= 11 is 0. The summed E-state index contributed by atoms with van der Waals surface area (Å²) in [7, 11) is -3.97. The van der Waals surface area contributed by atoms with E-state index in [4.69, 9.17) is 9.88 Å². The number of nitrogens with zero attached hydrogens (tertiary/aromatic N) is 3. The Morgan fingerprint density at radius 2 is 1.65 bits per heavy atom. The van der Waals surface area contributed by atoms with E-state index in [1.165, 1.54) is 35.0 Å². The number of hydrazone groups is 1. The third-order valence-corrected chi connectivity index (χ3v) is 7.33. The standard InChI is InChI=1S/C31H30N6O8S/c1-3-9-24(38)26(31(42)45-4-2)35-34-21-12-8-13-22(18-21)37-28(19-10-6-5-7-11-19)25(30(40)41)27(36-37)29(39)33-20-14-16-23(17-15-20)46(32,43)44/h5-8,10-18,34H,3-4,9H2,1-2H3,(H,33,39)(H,40,41)(H2,32,43,44)/b35-26+. The van der Waals surface area contributed by atoms with E-state index >= 15 is 0 Å². The summed E-state index contributed by atoms with van der Waals surface area (Å²) in [5.41, 5.74) is 2.80. The Balaban J connectivity index is 1.79. The smallest absolute Gasteiger partial charge is 0.362 e. The normalized spacial score (nSPS) is 11.5. The van der Waals surface area contributed by atoms with E-state index in [9.17, 15) is 32.7 Å². The quantitative estimate of drug-likeness (QED) is 0.0713. The topological polar surface area (TPSA) is 212 Å². The predicted octanol–water partition coefficient (Wildman–Crippen LogP) is 3.84. The number of esters is 1. The van der Waals surface area contributed by atoms with Gasteiger partial charge in [0.2, 0.25) is 15.7 Å². The molecule has 15 heteroatoms. The van der Waals surface area contributed by atoms with Crippen LogP contribution in [0.5, 0.6) is 0 Å². The van der Waals surface area contributed by atoms with Crippen molar-refractivity contribution < 1.29 is 37.4 Å². The average molecular weight is 647 g/mol. The zero-order valence-corrected chi connectivity index (χ0v) is 25.6. The van der Waals surface area contributed by atoms with Crippen LogP contribution in [-0.2, 0) is 24.3 Å². The Morgan fingerprint density at radius 1 is 0.957 bits per heavy atom. The van der Waals surface area contributed by atoms with Gasteiger partial charge in [-0.15, -0.1) is 0 Å². The number of nitrogens with two attached hydrogens (primary N) is 1. The van der Waals surface area contributed by atoms with Crippen molar-refractivity contribution >= 4 is 50.7 Å². The van der Waals surface area contributed by atoms with Crippen LogP contribution in [0, 0.1) is 0 Å². The van der Waals surface area contributed by atoms with Gasteiger partial charge in [0.15, 0.2) is 11.5 Å². The van der Waals surface area contributed by atoms with E-state index in [1.807, 2.05) is 0 Å². The first kappa shape index (κ1) is 33.2. The molecule has 4 rings (SSSR count). The van der Waals surface area contributed by atoms with Gasteiger partial charge in [-0.3, -0.25) is 15.0 Å². The highest BCUT2D eigenvalue weighted by Gasteiger charge is 2.30. The van der Waals surface area contributed by atoms with Crippen LogP contribution in [0.25, 0.3) is 16.9 Å². The summed E-state index contributed by atoms with van der Waals surface area (Å²) in [6, 6.07) is 19.8. The number of ether oxygens (including phenoxy) is 1. The fourth-order valence-corrected chi connectivity index (χ4v) is 4.86.